The van der Waals surface area contributed by atoms with E-state index in [1.54, 1.807) is 6.07 Å². The topological polar surface area (TPSA) is 101 Å². The minimum Gasteiger partial charge on any atom is -0.306 e. The number of rotatable bonds is 5. The van der Waals surface area contributed by atoms with Gasteiger partial charge in [0.05, 0.1) is 22.0 Å². The number of nitrogens with zero attached hydrogens (tertiary/aromatic N) is 3. The van der Waals surface area contributed by atoms with Gasteiger partial charge in [-0.2, -0.15) is 0 Å². The van der Waals surface area contributed by atoms with Crippen LogP contribution in [0.1, 0.15) is 24.0 Å². The van der Waals surface area contributed by atoms with Crippen molar-refractivity contribution in [3.8, 4) is 11.3 Å². The molecule has 4 aromatic rings. The van der Waals surface area contributed by atoms with Crippen LogP contribution in [0.25, 0.3) is 16.9 Å². The number of aryl methyl sites for hydroxylation is 2. The first kappa shape index (κ1) is 21.8. The monoisotopic (exact) mass is 474 g/mol. The molecule has 0 bridgehead atoms. The number of sulfonamides is 1. The lowest BCUT2D eigenvalue weighted by Crippen LogP contribution is -2.28. The van der Waals surface area contributed by atoms with Gasteiger partial charge in [-0.05, 0) is 61.4 Å². The van der Waals surface area contributed by atoms with Gasteiger partial charge < -0.3 is 4.40 Å². The van der Waals surface area contributed by atoms with Crippen LogP contribution < -0.4 is 9.62 Å². The van der Waals surface area contributed by atoms with Crippen LogP contribution >= 0.6 is 0 Å². The van der Waals surface area contributed by atoms with Crippen LogP contribution in [0.5, 0.6) is 0 Å². The molecule has 172 valence electrons. The number of hydrogen-bond acceptors (Lipinski definition) is 5. The van der Waals surface area contributed by atoms with E-state index in [0.717, 1.165) is 32.9 Å². The summed E-state index contributed by atoms with van der Waals surface area (Å²) in [6.07, 6.45) is 4.17. The molecular weight excluding hydrogens is 452 g/mol. The Labute approximate surface area is 196 Å². The summed E-state index contributed by atoms with van der Waals surface area (Å²) in [6, 6.07) is 15.2. The van der Waals surface area contributed by atoms with E-state index >= 15 is 0 Å². The lowest BCUT2D eigenvalue weighted by atomic mass is 10.1. The maximum absolute atomic E-state index is 13.1. The average Bonchev–Trinajstić information content (AvgIpc) is 3.39. The molecule has 2 aromatic heterocycles. The summed E-state index contributed by atoms with van der Waals surface area (Å²) in [5.74, 6) is -0.568. The summed E-state index contributed by atoms with van der Waals surface area (Å²) >= 11 is 0. The van der Waals surface area contributed by atoms with Gasteiger partial charge in [-0.15, -0.1) is 0 Å². The van der Waals surface area contributed by atoms with E-state index in [-0.39, 0.29) is 29.6 Å². The minimum atomic E-state index is -3.90. The first-order valence-corrected chi connectivity index (χ1v) is 12.3. The highest BCUT2D eigenvalue weighted by Crippen LogP contribution is 2.29. The van der Waals surface area contributed by atoms with Crippen LogP contribution in [-0.4, -0.2) is 29.6 Å². The molecule has 2 amide bonds. The van der Waals surface area contributed by atoms with Crippen molar-refractivity contribution in [1.82, 2.24) is 9.38 Å². The molecule has 1 saturated heterocycles. The number of amides is 2. The Balaban J connectivity index is 1.43. The Kier molecular flexibility index (Phi) is 5.21. The maximum Gasteiger partial charge on any atom is 0.261 e. The van der Waals surface area contributed by atoms with E-state index in [9.17, 15) is 18.0 Å². The Morgan fingerprint density at radius 3 is 2.29 bits per heavy atom. The second-order valence-electron chi connectivity index (χ2n) is 8.30. The Morgan fingerprint density at radius 1 is 0.912 bits per heavy atom. The van der Waals surface area contributed by atoms with Crippen LogP contribution in [0, 0.1) is 13.8 Å². The summed E-state index contributed by atoms with van der Waals surface area (Å²) < 4.78 is 30.7. The molecule has 0 atom stereocenters. The number of pyridine rings is 1. The fourth-order valence-electron chi connectivity index (χ4n) is 4.03. The van der Waals surface area contributed by atoms with Crippen molar-refractivity contribution >= 4 is 38.9 Å². The highest BCUT2D eigenvalue weighted by atomic mass is 32.2. The van der Waals surface area contributed by atoms with Crippen LogP contribution in [-0.2, 0) is 19.6 Å². The van der Waals surface area contributed by atoms with Crippen molar-refractivity contribution in [3.63, 3.8) is 0 Å². The predicted octanol–water partition coefficient (Wildman–Crippen LogP) is 4.07. The molecule has 5 rings (SSSR count). The average molecular weight is 475 g/mol. The van der Waals surface area contributed by atoms with Gasteiger partial charge in [0, 0.05) is 30.8 Å². The third-order valence-electron chi connectivity index (χ3n) is 5.91. The van der Waals surface area contributed by atoms with E-state index < -0.39 is 10.0 Å². The van der Waals surface area contributed by atoms with E-state index in [2.05, 4.69) is 4.72 Å². The van der Waals surface area contributed by atoms with Crippen molar-refractivity contribution < 1.29 is 18.0 Å². The fourth-order valence-corrected chi connectivity index (χ4v) is 5.15. The quantitative estimate of drug-likeness (QED) is 0.440. The van der Waals surface area contributed by atoms with Gasteiger partial charge in [0.25, 0.3) is 10.0 Å². The van der Waals surface area contributed by atoms with Crippen LogP contribution in [0.15, 0.2) is 71.9 Å². The molecule has 34 heavy (non-hydrogen) atoms. The van der Waals surface area contributed by atoms with Crippen LogP contribution in [0.3, 0.4) is 0 Å². The third kappa shape index (κ3) is 3.84. The zero-order chi connectivity index (χ0) is 24.0. The summed E-state index contributed by atoms with van der Waals surface area (Å²) in [5, 5.41) is 0. The van der Waals surface area contributed by atoms with Crippen molar-refractivity contribution in [1.29, 1.82) is 0 Å². The van der Waals surface area contributed by atoms with Gasteiger partial charge in [0.1, 0.15) is 5.65 Å². The molecule has 1 fully saturated rings. The van der Waals surface area contributed by atoms with Crippen molar-refractivity contribution in [2.24, 2.45) is 0 Å². The van der Waals surface area contributed by atoms with Crippen molar-refractivity contribution in [2.45, 2.75) is 31.6 Å². The Bertz CT molecular complexity index is 1540. The van der Waals surface area contributed by atoms with E-state index in [0.29, 0.717) is 11.4 Å². The molecular formula is C25H22N4O4S. The van der Waals surface area contributed by atoms with Crippen LogP contribution in [0.4, 0.5) is 11.4 Å². The van der Waals surface area contributed by atoms with E-state index in [1.807, 2.05) is 54.9 Å². The number of aromatic nitrogens is 2. The maximum atomic E-state index is 13.1. The van der Waals surface area contributed by atoms with Gasteiger partial charge >= 0.3 is 0 Å². The largest absolute Gasteiger partial charge is 0.306 e. The number of anilines is 2. The molecule has 2 aromatic carbocycles. The lowest BCUT2D eigenvalue weighted by Gasteiger charge is -2.15. The molecule has 3 heterocycles. The number of carbonyl (C=O) groups is 2. The second-order valence-corrected chi connectivity index (χ2v) is 9.98. The fraction of sp³-hybridized carbons (Fsp3) is 0.160. The number of fused-ring (bicyclic) bond motifs is 1. The zero-order valence-corrected chi connectivity index (χ0v) is 19.5. The second kappa shape index (κ2) is 8.11. The normalized spacial score (nSPS) is 14.2. The molecule has 1 aliphatic rings. The van der Waals surface area contributed by atoms with Crippen molar-refractivity contribution in [2.75, 3.05) is 9.62 Å². The van der Waals surface area contributed by atoms with Gasteiger partial charge in [-0.25, -0.2) is 13.4 Å². The highest BCUT2D eigenvalue weighted by molar-refractivity contribution is 7.92. The van der Waals surface area contributed by atoms with Gasteiger partial charge in [0.2, 0.25) is 11.8 Å². The SMILES string of the molecule is Cc1ccc(-c2cn3cccc(C)c3n2)cc1NS(=O)(=O)c1ccc(N2C(=O)CCC2=O)cc1. The number of benzene rings is 2. The predicted molar refractivity (Wildman–Crippen MR) is 129 cm³/mol. The standard InChI is InChI=1S/C25H22N4O4S/c1-16-5-6-18(22-15-28-13-3-4-17(2)25(28)26-22)14-21(16)27-34(32,33)20-9-7-19(8-10-20)29-23(30)11-12-24(29)31/h3-10,13-15,27H,11-12H2,1-2H3. The molecule has 1 aliphatic heterocycles. The summed E-state index contributed by atoms with van der Waals surface area (Å²) in [7, 11) is -3.90. The summed E-state index contributed by atoms with van der Waals surface area (Å²) in [5.41, 5.74) is 4.98. The molecule has 0 spiro atoms. The lowest BCUT2D eigenvalue weighted by molar-refractivity contribution is -0.121. The van der Waals surface area contributed by atoms with Gasteiger partial charge in [-0.1, -0.05) is 18.2 Å². The third-order valence-corrected chi connectivity index (χ3v) is 7.29. The van der Waals surface area contributed by atoms with Gasteiger partial charge in [0.15, 0.2) is 0 Å². The summed E-state index contributed by atoms with van der Waals surface area (Å²) in [4.78, 5) is 29.7. The molecule has 9 heteroatoms. The molecule has 0 unspecified atom stereocenters. The smallest absolute Gasteiger partial charge is 0.261 e. The van der Waals surface area contributed by atoms with Crippen LogP contribution in [0.2, 0.25) is 0 Å². The molecule has 0 saturated carbocycles. The zero-order valence-electron chi connectivity index (χ0n) is 18.6. The Hall–Kier alpha value is -3.98. The highest BCUT2D eigenvalue weighted by Gasteiger charge is 2.30. The number of hydrogen-bond donors (Lipinski definition) is 1. The number of carbonyl (C=O) groups excluding carboxylic acids is 2. The number of nitrogens with one attached hydrogen (secondary N) is 1. The molecule has 0 radical (unpaired) electrons. The van der Waals surface area contributed by atoms with E-state index in [4.69, 9.17) is 4.98 Å². The molecule has 8 nitrogen and oxygen atoms in total. The van der Waals surface area contributed by atoms with E-state index in [1.165, 1.54) is 24.3 Å². The molecule has 1 N–H and O–H groups in total. The summed E-state index contributed by atoms with van der Waals surface area (Å²) in [6.45, 7) is 3.81. The molecule has 0 aliphatic carbocycles. The minimum absolute atomic E-state index is 0.0310. The first-order valence-electron chi connectivity index (χ1n) is 10.8. The van der Waals surface area contributed by atoms with Crippen molar-refractivity contribution in [3.05, 3.63) is 78.1 Å². The van der Waals surface area contributed by atoms with Gasteiger partial charge in [-0.3, -0.25) is 19.2 Å². The first-order chi connectivity index (χ1) is 16.2. The number of imidazole rings is 1. The Morgan fingerprint density at radius 2 is 1.62 bits per heavy atom. The number of imide groups is 1.